The maximum Gasteiger partial charge on any atom is 0.227 e. The Morgan fingerprint density at radius 3 is 2.33 bits per heavy atom. The number of rotatable bonds is 4. The lowest BCUT2D eigenvalue weighted by Gasteiger charge is -2.22. The number of fused-ring (bicyclic) bond motifs is 1. The Morgan fingerprint density at radius 2 is 1.63 bits per heavy atom. The molecule has 4 nitrogen and oxygen atoms in total. The molecule has 27 heavy (non-hydrogen) atoms. The molecule has 0 bridgehead atoms. The van der Waals surface area contributed by atoms with Gasteiger partial charge in [-0.2, -0.15) is 4.98 Å². The molecule has 5 rings (SSSR count). The standard InChI is InChI=1S/C21H21ClN4.ClH/c22-16-9-7-15(8-10-16)21(11-12-21)25-19-17-5-1-2-6-18(17)23-20(24-19)26-13-3-4-14-26;/h1-2,5-10H,3-4,11-14H2,(H,23,24,25);1H. The van der Waals surface area contributed by atoms with Crippen molar-refractivity contribution in [2.24, 2.45) is 0 Å². The molecule has 2 fully saturated rings. The molecule has 1 saturated heterocycles. The summed E-state index contributed by atoms with van der Waals surface area (Å²) in [6.45, 7) is 2.08. The van der Waals surface area contributed by atoms with Crippen molar-refractivity contribution in [3.63, 3.8) is 0 Å². The molecule has 140 valence electrons. The first kappa shape index (κ1) is 18.3. The van der Waals surface area contributed by atoms with Crippen molar-refractivity contribution in [2.45, 2.75) is 31.2 Å². The number of benzene rings is 2. The SMILES string of the molecule is Cl.Clc1ccc(C2(Nc3nc(N4CCCC4)nc4ccccc34)CC2)cc1. The summed E-state index contributed by atoms with van der Waals surface area (Å²) in [4.78, 5) is 12.0. The van der Waals surface area contributed by atoms with Crippen molar-refractivity contribution in [3.05, 3.63) is 59.1 Å². The van der Waals surface area contributed by atoms with Crippen LogP contribution in [0.1, 0.15) is 31.2 Å². The van der Waals surface area contributed by atoms with Crippen LogP contribution in [-0.4, -0.2) is 23.1 Å². The van der Waals surface area contributed by atoms with Gasteiger partial charge in [0.05, 0.1) is 11.1 Å². The summed E-state index contributed by atoms with van der Waals surface area (Å²) in [6, 6.07) is 16.4. The molecular weight excluding hydrogens is 379 g/mol. The van der Waals surface area contributed by atoms with Crippen molar-refractivity contribution in [3.8, 4) is 0 Å². The first-order chi connectivity index (χ1) is 12.7. The van der Waals surface area contributed by atoms with Gasteiger partial charge in [-0.15, -0.1) is 12.4 Å². The minimum Gasteiger partial charge on any atom is -0.360 e. The number of para-hydroxylation sites is 1. The van der Waals surface area contributed by atoms with E-state index < -0.39 is 0 Å². The summed E-state index contributed by atoms with van der Waals surface area (Å²) < 4.78 is 0. The van der Waals surface area contributed by atoms with E-state index in [-0.39, 0.29) is 17.9 Å². The summed E-state index contributed by atoms with van der Waals surface area (Å²) in [6.07, 6.45) is 4.64. The lowest BCUT2D eigenvalue weighted by atomic mass is 10.0. The lowest BCUT2D eigenvalue weighted by Crippen LogP contribution is -2.23. The van der Waals surface area contributed by atoms with Crippen molar-refractivity contribution < 1.29 is 0 Å². The average Bonchev–Trinajstić information content (AvgIpc) is 3.23. The highest BCUT2D eigenvalue weighted by molar-refractivity contribution is 6.30. The van der Waals surface area contributed by atoms with Crippen molar-refractivity contribution >= 4 is 46.7 Å². The second-order valence-electron chi connectivity index (χ2n) is 7.30. The molecule has 2 aliphatic rings. The summed E-state index contributed by atoms with van der Waals surface area (Å²) in [7, 11) is 0. The van der Waals surface area contributed by atoms with Crippen LogP contribution in [0.2, 0.25) is 5.02 Å². The van der Waals surface area contributed by atoms with Gasteiger partial charge in [-0.1, -0.05) is 35.9 Å². The van der Waals surface area contributed by atoms with Gasteiger partial charge in [-0.05, 0) is 55.5 Å². The number of halogens is 2. The zero-order valence-electron chi connectivity index (χ0n) is 15.0. The molecule has 0 atom stereocenters. The minimum atomic E-state index is -0.0377. The van der Waals surface area contributed by atoms with E-state index in [9.17, 15) is 0 Å². The van der Waals surface area contributed by atoms with Gasteiger partial charge in [0.2, 0.25) is 5.95 Å². The van der Waals surface area contributed by atoms with E-state index >= 15 is 0 Å². The number of anilines is 2. The predicted molar refractivity (Wildman–Crippen MR) is 114 cm³/mol. The third kappa shape index (κ3) is 3.44. The van der Waals surface area contributed by atoms with Gasteiger partial charge in [-0.25, -0.2) is 4.98 Å². The number of aromatic nitrogens is 2. The van der Waals surface area contributed by atoms with Gasteiger partial charge >= 0.3 is 0 Å². The smallest absolute Gasteiger partial charge is 0.227 e. The Bertz CT molecular complexity index is 948. The lowest BCUT2D eigenvalue weighted by molar-refractivity contribution is 0.798. The normalized spacial score (nSPS) is 17.6. The summed E-state index contributed by atoms with van der Waals surface area (Å²) >= 11 is 6.07. The Hall–Kier alpha value is -2.04. The van der Waals surface area contributed by atoms with Crippen LogP contribution in [-0.2, 0) is 5.54 Å². The van der Waals surface area contributed by atoms with Gasteiger partial charge in [0.15, 0.2) is 0 Å². The van der Waals surface area contributed by atoms with E-state index in [2.05, 4.69) is 34.5 Å². The fourth-order valence-electron chi connectivity index (χ4n) is 3.82. The van der Waals surface area contributed by atoms with E-state index in [4.69, 9.17) is 21.6 Å². The van der Waals surface area contributed by atoms with Crippen LogP contribution in [0.4, 0.5) is 11.8 Å². The van der Waals surface area contributed by atoms with Crippen LogP contribution in [0.5, 0.6) is 0 Å². The molecule has 2 heterocycles. The van der Waals surface area contributed by atoms with Crippen LogP contribution in [0, 0.1) is 0 Å². The molecule has 1 saturated carbocycles. The van der Waals surface area contributed by atoms with Crippen LogP contribution in [0.3, 0.4) is 0 Å². The van der Waals surface area contributed by atoms with Gasteiger partial charge in [0.1, 0.15) is 5.82 Å². The molecule has 0 amide bonds. The molecule has 0 radical (unpaired) electrons. The largest absolute Gasteiger partial charge is 0.360 e. The third-order valence-corrected chi connectivity index (χ3v) is 5.74. The monoisotopic (exact) mass is 400 g/mol. The molecule has 0 unspecified atom stereocenters. The van der Waals surface area contributed by atoms with E-state index in [1.54, 1.807) is 0 Å². The zero-order valence-corrected chi connectivity index (χ0v) is 16.6. The Balaban J connectivity index is 0.00000180. The highest BCUT2D eigenvalue weighted by atomic mass is 35.5. The van der Waals surface area contributed by atoms with Gasteiger partial charge in [-0.3, -0.25) is 0 Å². The number of hydrogen-bond acceptors (Lipinski definition) is 4. The molecular formula is C21H22Cl2N4. The Kier molecular flexibility index (Phi) is 4.87. The van der Waals surface area contributed by atoms with Crippen LogP contribution in [0.25, 0.3) is 10.9 Å². The maximum atomic E-state index is 6.07. The van der Waals surface area contributed by atoms with Crippen molar-refractivity contribution in [1.82, 2.24) is 9.97 Å². The summed E-state index contributed by atoms with van der Waals surface area (Å²) in [5, 5.41) is 5.60. The average molecular weight is 401 g/mol. The summed E-state index contributed by atoms with van der Waals surface area (Å²) in [5.74, 6) is 1.78. The molecule has 1 aliphatic carbocycles. The van der Waals surface area contributed by atoms with Gasteiger partial charge in [0.25, 0.3) is 0 Å². The number of nitrogens with zero attached hydrogens (tertiary/aromatic N) is 3. The molecule has 1 N–H and O–H groups in total. The van der Waals surface area contributed by atoms with Gasteiger partial charge < -0.3 is 10.2 Å². The minimum absolute atomic E-state index is 0. The second-order valence-corrected chi connectivity index (χ2v) is 7.73. The topological polar surface area (TPSA) is 41.1 Å². The molecule has 1 aliphatic heterocycles. The van der Waals surface area contributed by atoms with Crippen molar-refractivity contribution in [2.75, 3.05) is 23.3 Å². The molecule has 3 aromatic rings. The second kappa shape index (κ2) is 7.17. The molecule has 2 aromatic carbocycles. The number of nitrogens with one attached hydrogen (secondary N) is 1. The fraction of sp³-hybridized carbons (Fsp3) is 0.333. The summed E-state index contributed by atoms with van der Waals surface area (Å²) in [5.41, 5.74) is 2.23. The van der Waals surface area contributed by atoms with Crippen LogP contribution >= 0.6 is 24.0 Å². The quantitative estimate of drug-likeness (QED) is 0.635. The predicted octanol–water partition coefficient (Wildman–Crippen LogP) is 5.41. The number of hydrogen-bond donors (Lipinski definition) is 1. The first-order valence-corrected chi connectivity index (χ1v) is 9.67. The van der Waals surface area contributed by atoms with E-state index in [0.717, 1.165) is 53.6 Å². The van der Waals surface area contributed by atoms with E-state index in [0.29, 0.717) is 0 Å². The molecule has 6 heteroatoms. The zero-order chi connectivity index (χ0) is 17.6. The Labute approximate surface area is 170 Å². The maximum absolute atomic E-state index is 6.07. The molecule has 0 spiro atoms. The van der Waals surface area contributed by atoms with Gasteiger partial charge in [0, 0.05) is 23.5 Å². The highest BCUT2D eigenvalue weighted by Crippen LogP contribution is 2.49. The van der Waals surface area contributed by atoms with E-state index in [1.165, 1.54) is 18.4 Å². The van der Waals surface area contributed by atoms with E-state index in [1.807, 2.05) is 24.3 Å². The Morgan fingerprint density at radius 1 is 0.926 bits per heavy atom. The van der Waals surface area contributed by atoms with Crippen LogP contribution < -0.4 is 10.2 Å². The fourth-order valence-corrected chi connectivity index (χ4v) is 3.95. The van der Waals surface area contributed by atoms with Crippen molar-refractivity contribution in [1.29, 1.82) is 0 Å². The highest BCUT2D eigenvalue weighted by Gasteiger charge is 2.45. The third-order valence-electron chi connectivity index (χ3n) is 5.48. The molecule has 1 aromatic heterocycles. The van der Waals surface area contributed by atoms with Crippen LogP contribution in [0.15, 0.2) is 48.5 Å². The first-order valence-electron chi connectivity index (χ1n) is 9.30.